The highest BCUT2D eigenvalue weighted by Gasteiger charge is 2.31. The van der Waals surface area contributed by atoms with Gasteiger partial charge in [-0.15, -0.1) is 0 Å². The van der Waals surface area contributed by atoms with Crippen molar-refractivity contribution in [3.63, 3.8) is 0 Å². The van der Waals surface area contributed by atoms with Crippen LogP contribution in [-0.4, -0.2) is 12.1 Å². The fourth-order valence-corrected chi connectivity index (χ4v) is 1.81. The molecule has 0 saturated carbocycles. The van der Waals surface area contributed by atoms with Crippen LogP contribution in [0.5, 0.6) is 5.75 Å². The molecule has 0 fully saturated rings. The lowest BCUT2D eigenvalue weighted by Gasteiger charge is -2.13. The fraction of sp³-hybridized carbons (Fsp3) is 0.214. The molecule has 0 bridgehead atoms. The summed E-state index contributed by atoms with van der Waals surface area (Å²) in [7, 11) is 1.55. The van der Waals surface area contributed by atoms with E-state index in [1.54, 1.807) is 13.2 Å². The molecule has 1 aromatic heterocycles. The number of para-hydroxylation sites is 1. The first-order valence-corrected chi connectivity index (χ1v) is 6.10. The summed E-state index contributed by atoms with van der Waals surface area (Å²) in [5.74, 6) is 0.879. The highest BCUT2D eigenvalue weighted by molar-refractivity contribution is 5.62. The minimum atomic E-state index is -4.46. The van der Waals surface area contributed by atoms with Crippen molar-refractivity contribution >= 4 is 11.5 Å². The molecular formula is C14H14F3N3O. The number of nitrogen functional groups attached to an aromatic ring is 1. The number of anilines is 2. The van der Waals surface area contributed by atoms with Crippen LogP contribution < -0.4 is 15.8 Å². The van der Waals surface area contributed by atoms with E-state index >= 15 is 0 Å². The van der Waals surface area contributed by atoms with Crippen LogP contribution >= 0.6 is 0 Å². The molecule has 1 heterocycles. The number of alkyl halides is 3. The Morgan fingerprint density at radius 1 is 1.29 bits per heavy atom. The topological polar surface area (TPSA) is 60.2 Å². The number of halogens is 3. The molecule has 0 radical (unpaired) electrons. The zero-order valence-corrected chi connectivity index (χ0v) is 11.2. The second-order valence-corrected chi connectivity index (χ2v) is 4.32. The summed E-state index contributed by atoms with van der Waals surface area (Å²) in [4.78, 5) is 3.72. The van der Waals surface area contributed by atoms with Crippen molar-refractivity contribution in [2.45, 2.75) is 12.7 Å². The molecule has 0 saturated heterocycles. The second-order valence-electron chi connectivity index (χ2n) is 4.32. The maximum Gasteiger partial charge on any atom is 0.417 e. The first-order chi connectivity index (χ1) is 9.91. The number of benzene rings is 1. The number of nitrogens with one attached hydrogen (secondary N) is 1. The predicted octanol–water partition coefficient (Wildman–Crippen LogP) is 3.30. The molecule has 2 rings (SSSR count). The second kappa shape index (κ2) is 5.90. The molecular weight excluding hydrogens is 283 g/mol. The van der Waals surface area contributed by atoms with Crippen molar-refractivity contribution in [2.24, 2.45) is 0 Å². The highest BCUT2D eigenvalue weighted by Crippen LogP contribution is 2.31. The fourth-order valence-electron chi connectivity index (χ4n) is 1.81. The van der Waals surface area contributed by atoms with Crippen LogP contribution in [0.1, 0.15) is 11.1 Å². The molecule has 0 spiro atoms. The smallest absolute Gasteiger partial charge is 0.417 e. The molecule has 0 amide bonds. The molecule has 1 aromatic carbocycles. The van der Waals surface area contributed by atoms with Gasteiger partial charge in [-0.3, -0.25) is 0 Å². The highest BCUT2D eigenvalue weighted by atomic mass is 19.4. The van der Waals surface area contributed by atoms with Gasteiger partial charge in [-0.2, -0.15) is 13.2 Å². The van der Waals surface area contributed by atoms with Crippen molar-refractivity contribution in [3.05, 3.63) is 47.7 Å². The summed E-state index contributed by atoms with van der Waals surface area (Å²) >= 11 is 0. The molecule has 0 unspecified atom stereocenters. The van der Waals surface area contributed by atoms with Gasteiger partial charge in [-0.25, -0.2) is 4.98 Å². The first-order valence-electron chi connectivity index (χ1n) is 6.10. The number of hydrogen-bond donors (Lipinski definition) is 2. The summed E-state index contributed by atoms with van der Waals surface area (Å²) < 4.78 is 42.7. The minimum absolute atomic E-state index is 0.0558. The molecule has 21 heavy (non-hydrogen) atoms. The van der Waals surface area contributed by atoms with E-state index in [4.69, 9.17) is 10.5 Å². The molecule has 0 aliphatic carbocycles. The van der Waals surface area contributed by atoms with Crippen LogP contribution in [-0.2, 0) is 12.7 Å². The van der Waals surface area contributed by atoms with Crippen LogP contribution in [0.3, 0.4) is 0 Å². The van der Waals surface area contributed by atoms with Gasteiger partial charge in [0.2, 0.25) is 0 Å². The van der Waals surface area contributed by atoms with Crippen molar-refractivity contribution in [1.82, 2.24) is 4.98 Å². The predicted molar refractivity (Wildman–Crippen MR) is 74.0 cm³/mol. The zero-order valence-electron chi connectivity index (χ0n) is 11.2. The van der Waals surface area contributed by atoms with Gasteiger partial charge < -0.3 is 15.8 Å². The van der Waals surface area contributed by atoms with Gasteiger partial charge in [0.05, 0.1) is 18.4 Å². The number of hydrogen-bond acceptors (Lipinski definition) is 4. The molecule has 0 aliphatic heterocycles. The van der Waals surface area contributed by atoms with Gasteiger partial charge in [0.1, 0.15) is 11.6 Å². The maximum atomic E-state index is 12.5. The lowest BCUT2D eigenvalue weighted by atomic mass is 10.2. The molecule has 7 heteroatoms. The number of methoxy groups -OCH3 is 1. The lowest BCUT2D eigenvalue weighted by Crippen LogP contribution is -2.10. The van der Waals surface area contributed by atoms with Crippen LogP contribution in [0.4, 0.5) is 24.7 Å². The Bertz CT molecular complexity index is 629. The van der Waals surface area contributed by atoms with Gasteiger partial charge in [0.15, 0.2) is 0 Å². The van der Waals surface area contributed by atoms with E-state index in [1.807, 2.05) is 18.2 Å². The number of nitrogens with zero attached hydrogens (tertiary/aromatic N) is 1. The third-order valence-electron chi connectivity index (χ3n) is 2.88. The van der Waals surface area contributed by atoms with Crippen LogP contribution in [0, 0.1) is 0 Å². The molecule has 0 atom stereocenters. The van der Waals surface area contributed by atoms with Crippen molar-refractivity contribution in [1.29, 1.82) is 0 Å². The quantitative estimate of drug-likeness (QED) is 0.909. The van der Waals surface area contributed by atoms with Gasteiger partial charge in [-0.1, -0.05) is 18.2 Å². The average Bonchev–Trinajstić information content (AvgIpc) is 2.45. The van der Waals surface area contributed by atoms with Gasteiger partial charge in [0.25, 0.3) is 0 Å². The van der Waals surface area contributed by atoms with E-state index in [9.17, 15) is 13.2 Å². The summed E-state index contributed by atoms with van der Waals surface area (Å²) in [5, 5.41) is 2.90. The van der Waals surface area contributed by atoms with Crippen LogP contribution in [0.15, 0.2) is 36.5 Å². The SMILES string of the molecule is COc1ccccc1CNc1ncc(C(F)(F)F)cc1N. The number of pyridine rings is 1. The Morgan fingerprint density at radius 3 is 2.62 bits per heavy atom. The number of nitrogens with two attached hydrogens (primary N) is 1. The number of aromatic nitrogens is 1. The average molecular weight is 297 g/mol. The van der Waals surface area contributed by atoms with E-state index in [0.717, 1.165) is 17.8 Å². The molecule has 0 aliphatic rings. The number of ether oxygens (including phenoxy) is 1. The Balaban J connectivity index is 2.14. The molecule has 112 valence electrons. The Morgan fingerprint density at radius 2 is 2.00 bits per heavy atom. The standard InChI is InChI=1S/C14H14F3N3O/c1-21-12-5-3-2-4-9(12)7-19-13-11(18)6-10(8-20-13)14(15,16)17/h2-6,8H,7,18H2,1H3,(H,19,20). The van der Waals surface area contributed by atoms with Crippen molar-refractivity contribution in [2.75, 3.05) is 18.2 Å². The van der Waals surface area contributed by atoms with Gasteiger partial charge in [-0.05, 0) is 12.1 Å². The van der Waals surface area contributed by atoms with Crippen LogP contribution in [0.2, 0.25) is 0 Å². The zero-order chi connectivity index (χ0) is 15.5. The van der Waals surface area contributed by atoms with E-state index < -0.39 is 11.7 Å². The van der Waals surface area contributed by atoms with Gasteiger partial charge in [0, 0.05) is 18.3 Å². The summed E-state index contributed by atoms with van der Waals surface area (Å²) in [6, 6.07) is 8.15. The van der Waals surface area contributed by atoms with Crippen LogP contribution in [0.25, 0.3) is 0 Å². The third kappa shape index (κ3) is 3.56. The van der Waals surface area contributed by atoms with E-state index in [1.165, 1.54) is 0 Å². The van der Waals surface area contributed by atoms with Crippen molar-refractivity contribution < 1.29 is 17.9 Å². The Kier molecular flexibility index (Phi) is 4.21. The first kappa shape index (κ1) is 15.0. The largest absolute Gasteiger partial charge is 0.496 e. The van der Waals surface area contributed by atoms with E-state index in [-0.39, 0.29) is 11.5 Å². The Hall–Kier alpha value is -2.44. The third-order valence-corrected chi connectivity index (χ3v) is 2.88. The molecule has 4 nitrogen and oxygen atoms in total. The minimum Gasteiger partial charge on any atom is -0.496 e. The number of rotatable bonds is 4. The van der Waals surface area contributed by atoms with Gasteiger partial charge >= 0.3 is 6.18 Å². The lowest BCUT2D eigenvalue weighted by molar-refractivity contribution is -0.137. The maximum absolute atomic E-state index is 12.5. The normalized spacial score (nSPS) is 11.2. The molecule has 3 N–H and O–H groups in total. The Labute approximate surface area is 119 Å². The summed E-state index contributed by atoms with van der Waals surface area (Å²) in [6.07, 6.45) is -3.71. The summed E-state index contributed by atoms with van der Waals surface area (Å²) in [6.45, 7) is 0.340. The summed E-state index contributed by atoms with van der Waals surface area (Å²) in [5.41, 5.74) is 5.52. The molecule has 2 aromatic rings. The van der Waals surface area contributed by atoms with E-state index in [0.29, 0.717) is 12.3 Å². The monoisotopic (exact) mass is 297 g/mol. The van der Waals surface area contributed by atoms with E-state index in [2.05, 4.69) is 10.3 Å². The van der Waals surface area contributed by atoms with Crippen molar-refractivity contribution in [3.8, 4) is 5.75 Å².